The fourth-order valence-corrected chi connectivity index (χ4v) is 1.93. The molecule has 0 aliphatic carbocycles. The zero-order valence-corrected chi connectivity index (χ0v) is 12.9. The molecule has 0 spiro atoms. The van der Waals surface area contributed by atoms with Crippen LogP contribution in [0.2, 0.25) is 0 Å². The molecule has 8 nitrogen and oxygen atoms in total. The molecule has 0 aromatic heterocycles. The first-order chi connectivity index (χ1) is 9.77. The van der Waals surface area contributed by atoms with E-state index in [1.54, 1.807) is 6.26 Å². The Morgan fingerprint density at radius 2 is 1.90 bits per heavy atom. The van der Waals surface area contributed by atoms with E-state index in [0.29, 0.717) is 5.75 Å². The van der Waals surface area contributed by atoms with Crippen LogP contribution >= 0.6 is 11.8 Å². The molecule has 2 amide bonds. The first kappa shape index (κ1) is 19.4. The van der Waals surface area contributed by atoms with E-state index in [0.717, 1.165) is 0 Å². The van der Waals surface area contributed by atoms with E-state index in [-0.39, 0.29) is 25.2 Å². The van der Waals surface area contributed by atoms with Gasteiger partial charge in [0.25, 0.3) is 0 Å². The largest absolute Gasteiger partial charge is 0.480 e. The third-order valence-electron chi connectivity index (χ3n) is 2.50. The third-order valence-corrected chi connectivity index (χ3v) is 3.16. The highest BCUT2D eigenvalue weighted by Gasteiger charge is 2.21. The second kappa shape index (κ2) is 10.2. The third kappa shape index (κ3) is 9.03. The number of carbonyl (C=O) groups excluding carboxylic acids is 3. The van der Waals surface area contributed by atoms with Crippen molar-refractivity contribution < 1.29 is 24.3 Å². The highest BCUT2D eigenvalue weighted by atomic mass is 32.2. The molecule has 0 unspecified atom stereocenters. The number of hydrogen-bond acceptors (Lipinski definition) is 6. The lowest BCUT2D eigenvalue weighted by molar-refractivity contribution is -0.138. The quantitative estimate of drug-likeness (QED) is 0.394. The van der Waals surface area contributed by atoms with Crippen molar-refractivity contribution in [3.05, 3.63) is 0 Å². The number of nitrogens with two attached hydrogens (primary N) is 1. The van der Waals surface area contributed by atoms with E-state index in [9.17, 15) is 19.2 Å². The van der Waals surface area contributed by atoms with E-state index in [2.05, 4.69) is 10.6 Å². The topological polar surface area (TPSA) is 139 Å². The summed E-state index contributed by atoms with van der Waals surface area (Å²) in [7, 11) is 0. The standard InChI is InChI=1S/C12H21N3O5S/c1-7(16)5-14-11(18)9(6-21-2)15-10(17)4-3-8(13)12(19)20/h8-9H,3-6,13H2,1-2H3,(H,14,18)(H,15,17)(H,19,20)/t8-,9-/m0/s1. The second-order valence-electron chi connectivity index (χ2n) is 4.48. The Balaban J connectivity index is 4.35. The number of thioether (sulfide) groups is 1. The fraction of sp³-hybridized carbons (Fsp3) is 0.667. The molecule has 2 atom stereocenters. The first-order valence-electron chi connectivity index (χ1n) is 6.31. The number of carbonyl (C=O) groups is 4. The predicted octanol–water partition coefficient (Wildman–Crippen LogP) is -1.27. The van der Waals surface area contributed by atoms with Gasteiger partial charge < -0.3 is 21.5 Å². The Labute approximate surface area is 127 Å². The number of nitrogens with one attached hydrogen (secondary N) is 2. The molecule has 0 saturated heterocycles. The molecule has 0 aromatic rings. The summed E-state index contributed by atoms with van der Waals surface area (Å²) in [6.45, 7) is 1.25. The summed E-state index contributed by atoms with van der Waals surface area (Å²) in [6.07, 6.45) is 1.68. The maximum absolute atomic E-state index is 11.8. The van der Waals surface area contributed by atoms with Crippen molar-refractivity contribution in [1.82, 2.24) is 10.6 Å². The molecule has 0 radical (unpaired) electrons. The predicted molar refractivity (Wildman–Crippen MR) is 78.8 cm³/mol. The number of carboxylic acids is 1. The van der Waals surface area contributed by atoms with E-state index < -0.39 is 29.9 Å². The minimum absolute atomic E-state index is 0.0117. The molecule has 0 bridgehead atoms. The van der Waals surface area contributed by atoms with Crippen molar-refractivity contribution in [2.24, 2.45) is 5.73 Å². The fourth-order valence-electron chi connectivity index (χ4n) is 1.36. The highest BCUT2D eigenvalue weighted by molar-refractivity contribution is 7.98. The Bertz CT molecular complexity index is 402. The molecule has 120 valence electrons. The lowest BCUT2D eigenvalue weighted by atomic mass is 10.1. The van der Waals surface area contributed by atoms with Gasteiger partial charge in [-0.05, 0) is 19.6 Å². The summed E-state index contributed by atoms with van der Waals surface area (Å²) in [5.74, 6) is -1.92. The molecule has 9 heteroatoms. The molecule has 0 aliphatic heterocycles. The minimum atomic E-state index is -1.18. The van der Waals surface area contributed by atoms with Gasteiger partial charge in [-0.1, -0.05) is 0 Å². The van der Waals surface area contributed by atoms with Crippen LogP contribution in [0.25, 0.3) is 0 Å². The Morgan fingerprint density at radius 1 is 1.29 bits per heavy atom. The number of hydrogen-bond donors (Lipinski definition) is 4. The van der Waals surface area contributed by atoms with Crippen LogP contribution in [0.3, 0.4) is 0 Å². The zero-order valence-electron chi connectivity index (χ0n) is 12.0. The van der Waals surface area contributed by atoms with Crippen molar-refractivity contribution in [3.8, 4) is 0 Å². The summed E-state index contributed by atoms with van der Waals surface area (Å²) in [5.41, 5.74) is 5.29. The lowest BCUT2D eigenvalue weighted by Crippen LogP contribution is -2.49. The zero-order chi connectivity index (χ0) is 16.4. The van der Waals surface area contributed by atoms with Crippen LogP contribution in [0.15, 0.2) is 0 Å². The average Bonchev–Trinajstić information content (AvgIpc) is 2.41. The second-order valence-corrected chi connectivity index (χ2v) is 5.39. The molecule has 0 fully saturated rings. The maximum atomic E-state index is 11.8. The molecule has 0 aromatic carbocycles. The number of carboxylic acid groups (broad SMARTS) is 1. The highest BCUT2D eigenvalue weighted by Crippen LogP contribution is 2.00. The summed E-state index contributed by atoms with van der Waals surface area (Å²) >= 11 is 1.36. The lowest BCUT2D eigenvalue weighted by Gasteiger charge is -2.17. The molecule has 0 aliphatic rings. The molecule has 5 N–H and O–H groups in total. The van der Waals surface area contributed by atoms with Gasteiger partial charge in [-0.15, -0.1) is 0 Å². The summed E-state index contributed by atoms with van der Waals surface area (Å²) in [4.78, 5) is 44.8. The number of rotatable bonds is 10. The number of ketones is 1. The molecule has 21 heavy (non-hydrogen) atoms. The monoisotopic (exact) mass is 319 g/mol. The van der Waals surface area contributed by atoms with E-state index >= 15 is 0 Å². The molecule has 0 heterocycles. The molecule has 0 rings (SSSR count). The van der Waals surface area contributed by atoms with Crippen LogP contribution in [-0.2, 0) is 19.2 Å². The summed E-state index contributed by atoms with van der Waals surface area (Å²) < 4.78 is 0. The van der Waals surface area contributed by atoms with Gasteiger partial charge in [0.2, 0.25) is 11.8 Å². The van der Waals surface area contributed by atoms with Gasteiger partial charge in [-0.3, -0.25) is 19.2 Å². The summed E-state index contributed by atoms with van der Waals surface area (Å²) in [5, 5.41) is 13.5. The van der Waals surface area contributed by atoms with Crippen LogP contribution in [0.4, 0.5) is 0 Å². The Hall–Kier alpha value is -1.61. The van der Waals surface area contributed by atoms with Gasteiger partial charge in [0.1, 0.15) is 17.9 Å². The van der Waals surface area contributed by atoms with Crippen LogP contribution in [-0.4, -0.2) is 59.3 Å². The van der Waals surface area contributed by atoms with Crippen molar-refractivity contribution in [2.45, 2.75) is 31.8 Å². The normalized spacial score (nSPS) is 13.1. The molecular weight excluding hydrogens is 298 g/mol. The number of amides is 2. The van der Waals surface area contributed by atoms with E-state index in [1.165, 1.54) is 18.7 Å². The smallest absolute Gasteiger partial charge is 0.320 e. The van der Waals surface area contributed by atoms with E-state index in [1.807, 2.05) is 0 Å². The van der Waals surface area contributed by atoms with Gasteiger partial charge in [0.15, 0.2) is 0 Å². The van der Waals surface area contributed by atoms with Crippen molar-refractivity contribution in [1.29, 1.82) is 0 Å². The van der Waals surface area contributed by atoms with Crippen LogP contribution in [0.5, 0.6) is 0 Å². The number of Topliss-reactive ketones (excluding diaryl/α,β-unsaturated/α-hetero) is 1. The van der Waals surface area contributed by atoms with Crippen LogP contribution in [0, 0.1) is 0 Å². The van der Waals surface area contributed by atoms with Gasteiger partial charge in [-0.25, -0.2) is 0 Å². The Kier molecular flexibility index (Phi) is 9.39. The van der Waals surface area contributed by atoms with Crippen molar-refractivity contribution >= 4 is 35.3 Å². The Morgan fingerprint density at radius 3 is 2.38 bits per heavy atom. The first-order valence-corrected chi connectivity index (χ1v) is 7.71. The SMILES string of the molecule is CSC[C@H](NC(=O)CC[C@H](N)C(=O)O)C(=O)NCC(C)=O. The van der Waals surface area contributed by atoms with Crippen LogP contribution < -0.4 is 16.4 Å². The van der Waals surface area contributed by atoms with Crippen molar-refractivity contribution in [3.63, 3.8) is 0 Å². The average molecular weight is 319 g/mol. The van der Waals surface area contributed by atoms with Crippen LogP contribution in [0.1, 0.15) is 19.8 Å². The summed E-state index contributed by atoms with van der Waals surface area (Å²) in [6, 6.07) is -1.88. The van der Waals surface area contributed by atoms with Gasteiger partial charge >= 0.3 is 5.97 Å². The molecular formula is C12H21N3O5S. The maximum Gasteiger partial charge on any atom is 0.320 e. The van der Waals surface area contributed by atoms with E-state index in [4.69, 9.17) is 10.8 Å². The molecule has 0 saturated carbocycles. The van der Waals surface area contributed by atoms with Gasteiger partial charge in [0, 0.05) is 12.2 Å². The van der Waals surface area contributed by atoms with Crippen molar-refractivity contribution in [2.75, 3.05) is 18.6 Å². The van der Waals surface area contributed by atoms with Gasteiger partial charge in [-0.2, -0.15) is 11.8 Å². The van der Waals surface area contributed by atoms with Gasteiger partial charge in [0.05, 0.1) is 6.54 Å². The number of aliphatic carboxylic acids is 1. The minimum Gasteiger partial charge on any atom is -0.480 e.